The van der Waals surface area contributed by atoms with E-state index in [-0.39, 0.29) is 29.4 Å². The van der Waals surface area contributed by atoms with Gasteiger partial charge in [0.05, 0.1) is 23.3 Å². The van der Waals surface area contributed by atoms with Crippen LogP contribution < -0.4 is 4.74 Å². The maximum absolute atomic E-state index is 11.2. The number of ether oxygens (including phenoxy) is 1. The van der Waals surface area contributed by atoms with Gasteiger partial charge in [-0.05, 0) is 49.7 Å². The van der Waals surface area contributed by atoms with E-state index in [1.807, 2.05) is 31.2 Å². The van der Waals surface area contributed by atoms with Gasteiger partial charge in [0, 0.05) is 23.4 Å². The lowest BCUT2D eigenvalue weighted by molar-refractivity contribution is -0.385. The number of hydrogen-bond donors (Lipinski definition) is 1. The van der Waals surface area contributed by atoms with Crippen molar-refractivity contribution in [3.8, 4) is 23.0 Å². The molecule has 156 valence electrons. The number of phenols is 1. The summed E-state index contributed by atoms with van der Waals surface area (Å²) in [7, 11) is 0. The average molecular weight is 417 g/mol. The number of fused-ring (bicyclic) bond motifs is 1. The first-order chi connectivity index (χ1) is 14.9. The van der Waals surface area contributed by atoms with Gasteiger partial charge in [-0.15, -0.1) is 0 Å². The Morgan fingerprint density at radius 2 is 2.06 bits per heavy atom. The van der Waals surface area contributed by atoms with Crippen LogP contribution in [0, 0.1) is 17.0 Å². The molecule has 3 aromatic carbocycles. The molecule has 0 spiro atoms. The summed E-state index contributed by atoms with van der Waals surface area (Å²) >= 11 is 0. The highest BCUT2D eigenvalue weighted by Crippen LogP contribution is 2.34. The van der Waals surface area contributed by atoms with Crippen molar-refractivity contribution >= 4 is 28.7 Å². The van der Waals surface area contributed by atoms with E-state index in [0.717, 1.165) is 16.6 Å². The number of aromatic nitrogens is 1. The summed E-state index contributed by atoms with van der Waals surface area (Å²) < 4.78 is 11.1. The second-order valence-corrected chi connectivity index (χ2v) is 6.87. The second kappa shape index (κ2) is 8.27. The molecule has 0 unspecified atom stereocenters. The SMILES string of the molecule is CCOc1cc([N+](=O)[O-])cc(C=Nc2cccc(-c3nc4cc(C)ccc4o3)c2)c1O. The lowest BCUT2D eigenvalue weighted by atomic mass is 10.1. The highest BCUT2D eigenvalue weighted by atomic mass is 16.6. The Hall–Kier alpha value is -4.20. The smallest absolute Gasteiger partial charge is 0.274 e. The summed E-state index contributed by atoms with van der Waals surface area (Å²) in [6.45, 7) is 3.98. The molecule has 4 rings (SSSR count). The summed E-state index contributed by atoms with van der Waals surface area (Å²) in [5.74, 6) is 0.296. The molecule has 0 radical (unpaired) electrons. The zero-order valence-electron chi connectivity index (χ0n) is 16.9. The molecule has 8 nitrogen and oxygen atoms in total. The molecule has 31 heavy (non-hydrogen) atoms. The number of non-ortho nitro benzene ring substituents is 1. The fourth-order valence-electron chi connectivity index (χ4n) is 3.11. The molecule has 8 heteroatoms. The van der Waals surface area contributed by atoms with Crippen LogP contribution in [0.2, 0.25) is 0 Å². The summed E-state index contributed by atoms with van der Waals surface area (Å²) in [5, 5.41) is 21.6. The molecule has 4 aromatic rings. The highest BCUT2D eigenvalue weighted by molar-refractivity contribution is 5.88. The first kappa shape index (κ1) is 20.1. The monoisotopic (exact) mass is 417 g/mol. The highest BCUT2D eigenvalue weighted by Gasteiger charge is 2.16. The van der Waals surface area contributed by atoms with Gasteiger partial charge >= 0.3 is 0 Å². The molecule has 0 aliphatic heterocycles. The van der Waals surface area contributed by atoms with Gasteiger partial charge in [0.15, 0.2) is 17.1 Å². The van der Waals surface area contributed by atoms with Gasteiger partial charge in [0.2, 0.25) is 5.89 Å². The van der Waals surface area contributed by atoms with Crippen LogP contribution in [-0.2, 0) is 0 Å². The van der Waals surface area contributed by atoms with Crippen LogP contribution in [0.15, 0.2) is 64.0 Å². The average Bonchev–Trinajstić information content (AvgIpc) is 3.17. The van der Waals surface area contributed by atoms with Gasteiger partial charge in [0.1, 0.15) is 5.52 Å². The van der Waals surface area contributed by atoms with Crippen molar-refractivity contribution in [1.29, 1.82) is 0 Å². The van der Waals surface area contributed by atoms with E-state index in [0.29, 0.717) is 17.2 Å². The molecule has 0 aliphatic carbocycles. The van der Waals surface area contributed by atoms with E-state index in [9.17, 15) is 15.2 Å². The Morgan fingerprint density at radius 1 is 1.23 bits per heavy atom. The second-order valence-electron chi connectivity index (χ2n) is 6.87. The van der Waals surface area contributed by atoms with Gasteiger partial charge in [0.25, 0.3) is 5.69 Å². The Balaban J connectivity index is 1.68. The summed E-state index contributed by atoms with van der Waals surface area (Å²) in [4.78, 5) is 19.5. The minimum Gasteiger partial charge on any atom is -0.504 e. The molecule has 1 aromatic heterocycles. The van der Waals surface area contributed by atoms with Crippen molar-refractivity contribution < 1.29 is 19.2 Å². The lowest BCUT2D eigenvalue weighted by Gasteiger charge is -2.08. The number of aryl methyl sites for hydroxylation is 1. The van der Waals surface area contributed by atoms with Crippen LogP contribution in [0.1, 0.15) is 18.1 Å². The van der Waals surface area contributed by atoms with E-state index in [1.165, 1.54) is 18.3 Å². The van der Waals surface area contributed by atoms with Crippen LogP contribution >= 0.6 is 0 Å². The summed E-state index contributed by atoms with van der Waals surface area (Å²) in [5.41, 5.74) is 3.85. The normalized spacial score (nSPS) is 11.3. The summed E-state index contributed by atoms with van der Waals surface area (Å²) in [6.07, 6.45) is 1.36. The number of nitro groups is 1. The number of hydrogen-bond acceptors (Lipinski definition) is 7. The minimum absolute atomic E-state index is 0.0358. The molecule has 0 atom stereocenters. The Kier molecular flexibility index (Phi) is 5.36. The van der Waals surface area contributed by atoms with Crippen LogP contribution in [-0.4, -0.2) is 27.8 Å². The number of aromatic hydroxyl groups is 1. The first-order valence-corrected chi connectivity index (χ1v) is 9.60. The molecule has 0 saturated heterocycles. The molecule has 0 fully saturated rings. The van der Waals surface area contributed by atoms with E-state index >= 15 is 0 Å². The van der Waals surface area contributed by atoms with Gasteiger partial charge in [-0.25, -0.2) is 4.98 Å². The molecular weight excluding hydrogens is 398 g/mol. The number of phenolic OH excluding ortho intramolecular Hbond substituents is 1. The number of aliphatic imine (C=N–C) groups is 1. The van der Waals surface area contributed by atoms with Crippen molar-refractivity contribution in [2.45, 2.75) is 13.8 Å². The Bertz CT molecular complexity index is 1310. The fourth-order valence-corrected chi connectivity index (χ4v) is 3.11. The lowest BCUT2D eigenvalue weighted by Crippen LogP contribution is -1.97. The molecule has 0 aliphatic rings. The van der Waals surface area contributed by atoms with Crippen molar-refractivity contribution in [2.24, 2.45) is 4.99 Å². The summed E-state index contributed by atoms with van der Waals surface area (Å²) in [6, 6.07) is 15.4. The Morgan fingerprint density at radius 3 is 2.84 bits per heavy atom. The fraction of sp³-hybridized carbons (Fsp3) is 0.130. The molecule has 1 N–H and O–H groups in total. The largest absolute Gasteiger partial charge is 0.504 e. The molecule has 0 amide bonds. The zero-order chi connectivity index (χ0) is 22.0. The third-order valence-corrected chi connectivity index (χ3v) is 4.59. The van der Waals surface area contributed by atoms with E-state index in [2.05, 4.69) is 9.98 Å². The Labute approximate surface area is 177 Å². The van der Waals surface area contributed by atoms with Gasteiger partial charge < -0.3 is 14.3 Å². The quantitative estimate of drug-likeness (QED) is 0.249. The third-order valence-electron chi connectivity index (χ3n) is 4.59. The predicted molar refractivity (Wildman–Crippen MR) is 117 cm³/mol. The van der Waals surface area contributed by atoms with E-state index in [1.54, 1.807) is 25.1 Å². The zero-order valence-corrected chi connectivity index (χ0v) is 16.9. The first-order valence-electron chi connectivity index (χ1n) is 9.60. The van der Waals surface area contributed by atoms with Crippen LogP contribution in [0.3, 0.4) is 0 Å². The van der Waals surface area contributed by atoms with Crippen LogP contribution in [0.5, 0.6) is 11.5 Å². The number of benzene rings is 3. The number of rotatable bonds is 6. The van der Waals surface area contributed by atoms with Gasteiger partial charge in [-0.3, -0.25) is 15.1 Å². The maximum Gasteiger partial charge on any atom is 0.274 e. The predicted octanol–water partition coefficient (Wildman–Crippen LogP) is 5.57. The van der Waals surface area contributed by atoms with Crippen molar-refractivity contribution in [2.75, 3.05) is 6.61 Å². The topological polar surface area (TPSA) is 111 Å². The molecule has 0 bridgehead atoms. The van der Waals surface area contributed by atoms with Crippen molar-refractivity contribution in [3.63, 3.8) is 0 Å². The van der Waals surface area contributed by atoms with E-state index < -0.39 is 4.92 Å². The van der Waals surface area contributed by atoms with E-state index in [4.69, 9.17) is 9.15 Å². The van der Waals surface area contributed by atoms with Crippen molar-refractivity contribution in [3.05, 3.63) is 75.8 Å². The number of oxazole rings is 1. The minimum atomic E-state index is -0.547. The third kappa shape index (κ3) is 4.23. The number of nitro benzene ring substituents is 1. The molecule has 1 heterocycles. The van der Waals surface area contributed by atoms with Crippen LogP contribution in [0.4, 0.5) is 11.4 Å². The van der Waals surface area contributed by atoms with Crippen molar-refractivity contribution in [1.82, 2.24) is 4.98 Å². The number of nitrogens with zero attached hydrogens (tertiary/aromatic N) is 3. The van der Waals surface area contributed by atoms with Gasteiger partial charge in [-0.2, -0.15) is 0 Å². The standard InChI is InChI=1S/C23H19N3O5/c1-3-30-21-12-18(26(28)29)11-16(22(21)27)13-24-17-6-4-5-15(10-17)23-25-19-9-14(2)7-8-20(19)31-23/h4-13,27H,3H2,1-2H3. The molecular formula is C23H19N3O5. The van der Waals surface area contributed by atoms with Crippen LogP contribution in [0.25, 0.3) is 22.6 Å². The maximum atomic E-state index is 11.2. The molecule has 0 saturated carbocycles. The van der Waals surface area contributed by atoms with Gasteiger partial charge in [-0.1, -0.05) is 12.1 Å².